The summed E-state index contributed by atoms with van der Waals surface area (Å²) in [4.78, 5) is 10.2. The minimum atomic E-state index is -0.493. The highest BCUT2D eigenvalue weighted by Gasteiger charge is 2.14. The lowest BCUT2D eigenvalue weighted by molar-refractivity contribution is -0.384. The Bertz CT molecular complexity index is 440. The second kappa shape index (κ2) is 7.93. The molecule has 0 saturated carbocycles. The summed E-state index contributed by atoms with van der Waals surface area (Å²) in [7, 11) is 1.61. The maximum absolute atomic E-state index is 10.7. The number of benzene rings is 1. The van der Waals surface area contributed by atoms with Crippen LogP contribution < -0.4 is 5.32 Å². The Morgan fingerprint density at radius 2 is 2.11 bits per heavy atom. The van der Waals surface area contributed by atoms with Crippen molar-refractivity contribution in [3.05, 3.63) is 32.8 Å². The highest BCUT2D eigenvalue weighted by atomic mass is 35.5. The van der Waals surface area contributed by atoms with E-state index in [1.807, 2.05) is 0 Å². The molecule has 0 bridgehead atoms. The van der Waals surface area contributed by atoms with Crippen molar-refractivity contribution in [1.82, 2.24) is 0 Å². The molecule has 6 nitrogen and oxygen atoms in total. The molecule has 19 heavy (non-hydrogen) atoms. The molecule has 0 aliphatic carbocycles. The van der Waals surface area contributed by atoms with E-state index in [4.69, 9.17) is 21.1 Å². The fourth-order valence-electron chi connectivity index (χ4n) is 1.50. The fraction of sp³-hybridized carbons (Fsp3) is 0.500. The quantitative estimate of drug-likeness (QED) is 0.452. The Morgan fingerprint density at radius 1 is 1.37 bits per heavy atom. The van der Waals surface area contributed by atoms with Gasteiger partial charge in [-0.15, -0.1) is 0 Å². The van der Waals surface area contributed by atoms with Crippen molar-refractivity contribution in [3.63, 3.8) is 0 Å². The summed E-state index contributed by atoms with van der Waals surface area (Å²) in [5.41, 5.74) is 1.46. The van der Waals surface area contributed by atoms with Crippen LogP contribution in [0.4, 0.5) is 11.4 Å². The Kier molecular flexibility index (Phi) is 6.55. The number of nitro groups is 1. The van der Waals surface area contributed by atoms with Gasteiger partial charge in [0.1, 0.15) is 5.02 Å². The van der Waals surface area contributed by atoms with Gasteiger partial charge in [0.25, 0.3) is 5.69 Å². The summed E-state index contributed by atoms with van der Waals surface area (Å²) < 4.78 is 10.1. The lowest BCUT2D eigenvalue weighted by Gasteiger charge is -2.10. The molecule has 1 N–H and O–H groups in total. The van der Waals surface area contributed by atoms with E-state index in [9.17, 15) is 10.1 Å². The SMILES string of the molecule is COCCOCCNc1cc(Cl)c([N+](=O)[O-])cc1C. The zero-order valence-corrected chi connectivity index (χ0v) is 11.7. The van der Waals surface area contributed by atoms with E-state index in [1.54, 1.807) is 20.1 Å². The minimum absolute atomic E-state index is 0.0824. The van der Waals surface area contributed by atoms with Crippen LogP contribution >= 0.6 is 11.6 Å². The molecule has 0 aliphatic heterocycles. The molecule has 7 heteroatoms. The molecule has 0 radical (unpaired) electrons. The maximum Gasteiger partial charge on any atom is 0.288 e. The lowest BCUT2D eigenvalue weighted by atomic mass is 10.2. The molecule has 106 valence electrons. The maximum atomic E-state index is 10.7. The third kappa shape index (κ3) is 5.02. The van der Waals surface area contributed by atoms with Crippen LogP contribution in [0.15, 0.2) is 12.1 Å². The van der Waals surface area contributed by atoms with Crippen LogP contribution in [0.5, 0.6) is 0 Å². The van der Waals surface area contributed by atoms with Gasteiger partial charge in [-0.3, -0.25) is 10.1 Å². The molecule has 0 amide bonds. The van der Waals surface area contributed by atoms with Crippen LogP contribution in [0, 0.1) is 17.0 Å². The number of methoxy groups -OCH3 is 1. The second-order valence-electron chi connectivity index (χ2n) is 3.91. The number of nitrogens with zero attached hydrogens (tertiary/aromatic N) is 1. The van der Waals surface area contributed by atoms with E-state index in [2.05, 4.69) is 5.32 Å². The molecule has 1 rings (SSSR count). The van der Waals surface area contributed by atoms with Gasteiger partial charge in [-0.2, -0.15) is 0 Å². The second-order valence-corrected chi connectivity index (χ2v) is 4.31. The minimum Gasteiger partial charge on any atom is -0.382 e. The van der Waals surface area contributed by atoms with Gasteiger partial charge in [0, 0.05) is 25.4 Å². The van der Waals surface area contributed by atoms with E-state index in [0.29, 0.717) is 26.4 Å². The third-order valence-corrected chi connectivity index (χ3v) is 2.79. The number of hydrogen-bond acceptors (Lipinski definition) is 5. The zero-order valence-electron chi connectivity index (χ0n) is 10.9. The predicted molar refractivity (Wildman–Crippen MR) is 74.0 cm³/mol. The lowest BCUT2D eigenvalue weighted by Crippen LogP contribution is -2.12. The van der Waals surface area contributed by atoms with Gasteiger partial charge in [0.05, 0.1) is 24.7 Å². The molecule has 0 aliphatic rings. The third-order valence-electron chi connectivity index (χ3n) is 2.48. The first kappa shape index (κ1) is 15.7. The first-order chi connectivity index (χ1) is 9.06. The van der Waals surface area contributed by atoms with Crippen molar-refractivity contribution >= 4 is 23.0 Å². The van der Waals surface area contributed by atoms with Gasteiger partial charge in [-0.05, 0) is 18.6 Å². The monoisotopic (exact) mass is 288 g/mol. The summed E-state index contributed by atoms with van der Waals surface area (Å²) in [6, 6.07) is 3.01. The van der Waals surface area contributed by atoms with Crippen molar-refractivity contribution in [2.24, 2.45) is 0 Å². The molecule has 1 aromatic rings. The smallest absolute Gasteiger partial charge is 0.288 e. The first-order valence-corrected chi connectivity index (χ1v) is 6.19. The van der Waals surface area contributed by atoms with E-state index in [1.165, 1.54) is 6.07 Å². The summed E-state index contributed by atoms with van der Waals surface area (Å²) in [6.07, 6.45) is 0. The number of halogens is 1. The summed E-state index contributed by atoms with van der Waals surface area (Å²) in [5, 5.41) is 14.0. The Morgan fingerprint density at radius 3 is 2.74 bits per heavy atom. The molecular formula is C12H17ClN2O4. The number of hydrogen-bond donors (Lipinski definition) is 1. The van der Waals surface area contributed by atoms with Crippen LogP contribution in [-0.4, -0.2) is 38.4 Å². The normalized spacial score (nSPS) is 10.5. The number of ether oxygens (including phenoxy) is 2. The van der Waals surface area contributed by atoms with Gasteiger partial charge < -0.3 is 14.8 Å². The topological polar surface area (TPSA) is 73.6 Å². The number of rotatable bonds is 8. The molecule has 0 fully saturated rings. The van der Waals surface area contributed by atoms with Crippen LogP contribution in [0.1, 0.15) is 5.56 Å². The van der Waals surface area contributed by atoms with Gasteiger partial charge >= 0.3 is 0 Å². The van der Waals surface area contributed by atoms with Crippen molar-refractivity contribution in [3.8, 4) is 0 Å². The van der Waals surface area contributed by atoms with E-state index in [0.717, 1.165) is 11.3 Å². The van der Waals surface area contributed by atoms with Gasteiger partial charge in [0.2, 0.25) is 0 Å². The molecule has 0 saturated heterocycles. The highest BCUT2D eigenvalue weighted by Crippen LogP contribution is 2.30. The molecule has 0 aromatic heterocycles. The predicted octanol–water partition coefficient (Wildman–Crippen LogP) is 2.63. The van der Waals surface area contributed by atoms with E-state index >= 15 is 0 Å². The number of aryl methyl sites for hydroxylation is 1. The standard InChI is InChI=1S/C12H17ClN2O4/c1-9-7-12(15(16)17)10(13)8-11(9)14-3-4-19-6-5-18-2/h7-8,14H,3-6H2,1-2H3. The average Bonchev–Trinajstić information content (AvgIpc) is 2.36. The number of nitro benzene ring substituents is 1. The van der Waals surface area contributed by atoms with Crippen LogP contribution in [0.3, 0.4) is 0 Å². The van der Waals surface area contributed by atoms with Gasteiger partial charge in [-0.25, -0.2) is 0 Å². The Hall–Kier alpha value is -1.37. The average molecular weight is 289 g/mol. The van der Waals surface area contributed by atoms with Crippen molar-refractivity contribution < 1.29 is 14.4 Å². The largest absolute Gasteiger partial charge is 0.382 e. The number of nitrogens with one attached hydrogen (secondary N) is 1. The fourth-order valence-corrected chi connectivity index (χ4v) is 1.73. The molecule has 0 atom stereocenters. The van der Waals surface area contributed by atoms with Gasteiger partial charge in [0.15, 0.2) is 0 Å². The summed E-state index contributed by atoms with van der Waals surface area (Å²) in [6.45, 7) is 4.01. The van der Waals surface area contributed by atoms with Gasteiger partial charge in [-0.1, -0.05) is 11.6 Å². The van der Waals surface area contributed by atoms with Crippen LogP contribution in [-0.2, 0) is 9.47 Å². The van der Waals surface area contributed by atoms with Crippen molar-refractivity contribution in [1.29, 1.82) is 0 Å². The van der Waals surface area contributed by atoms with E-state index < -0.39 is 4.92 Å². The number of anilines is 1. The molecule has 0 spiro atoms. The molecule has 1 aromatic carbocycles. The van der Waals surface area contributed by atoms with Crippen LogP contribution in [0.2, 0.25) is 5.02 Å². The first-order valence-electron chi connectivity index (χ1n) is 5.81. The Balaban J connectivity index is 2.50. The molecular weight excluding hydrogens is 272 g/mol. The van der Waals surface area contributed by atoms with Crippen molar-refractivity contribution in [2.45, 2.75) is 6.92 Å². The Labute approximate surface area is 116 Å². The van der Waals surface area contributed by atoms with Crippen molar-refractivity contribution in [2.75, 3.05) is 38.8 Å². The zero-order chi connectivity index (χ0) is 14.3. The van der Waals surface area contributed by atoms with E-state index in [-0.39, 0.29) is 10.7 Å². The molecule has 0 unspecified atom stereocenters. The summed E-state index contributed by atoms with van der Waals surface area (Å²) >= 11 is 5.85. The highest BCUT2D eigenvalue weighted by molar-refractivity contribution is 6.33. The molecule has 0 heterocycles. The van der Waals surface area contributed by atoms with Crippen LogP contribution in [0.25, 0.3) is 0 Å². The summed E-state index contributed by atoms with van der Waals surface area (Å²) in [5.74, 6) is 0.